The third kappa shape index (κ3) is 5.91. The summed E-state index contributed by atoms with van der Waals surface area (Å²) in [5.41, 5.74) is 12.3. The second-order valence-corrected chi connectivity index (χ2v) is 4.94. The van der Waals surface area contributed by atoms with Crippen LogP contribution in [-0.4, -0.2) is 18.4 Å². The van der Waals surface area contributed by atoms with Crippen LogP contribution < -0.4 is 16.8 Å². The van der Waals surface area contributed by atoms with Crippen LogP contribution in [0.1, 0.15) is 19.4 Å². The van der Waals surface area contributed by atoms with E-state index < -0.39 is 11.3 Å². The minimum absolute atomic E-state index is 0. The number of nitrogens with one attached hydrogen (secondary N) is 1. The molecule has 0 aliphatic rings. The van der Waals surface area contributed by atoms with Gasteiger partial charge in [-0.15, -0.1) is 24.0 Å². The Morgan fingerprint density at radius 1 is 1.26 bits per heavy atom. The summed E-state index contributed by atoms with van der Waals surface area (Å²) in [6.07, 6.45) is 0. The van der Waals surface area contributed by atoms with Gasteiger partial charge in [-0.1, -0.05) is 17.7 Å². The Morgan fingerprint density at radius 3 is 2.26 bits per heavy atom. The van der Waals surface area contributed by atoms with Crippen molar-refractivity contribution in [3.8, 4) is 0 Å². The molecule has 6 heteroatoms. The molecule has 5 N–H and O–H groups in total. The number of carbonyl (C=O) groups is 1. The Labute approximate surface area is 130 Å². The summed E-state index contributed by atoms with van der Waals surface area (Å²) in [4.78, 5) is 15.2. The van der Waals surface area contributed by atoms with E-state index in [1.165, 1.54) is 5.56 Å². The normalized spacial score (nSPS) is 11.6. The molecule has 1 aromatic carbocycles. The zero-order valence-electron chi connectivity index (χ0n) is 11.4. The number of guanidine groups is 1. The van der Waals surface area contributed by atoms with Gasteiger partial charge < -0.3 is 16.8 Å². The molecule has 0 saturated heterocycles. The first kappa shape index (κ1) is 17.7. The number of hydrogen-bond acceptors (Lipinski definition) is 2. The number of anilines is 1. The van der Waals surface area contributed by atoms with Crippen molar-refractivity contribution < 1.29 is 4.79 Å². The summed E-state index contributed by atoms with van der Waals surface area (Å²) in [7, 11) is 0. The SMILES string of the molecule is Cc1ccc(NC(N)=NCC(C)(C)C(N)=O)cc1.I. The fourth-order valence-electron chi connectivity index (χ4n) is 1.19. The lowest BCUT2D eigenvalue weighted by atomic mass is 9.93. The predicted octanol–water partition coefficient (Wildman–Crippen LogP) is 1.85. The standard InChI is InChI=1S/C13H20N4O.HI/c1-9-4-6-10(7-5-9)17-12(15)16-8-13(2,3)11(14)18;/h4-7H,8H2,1-3H3,(H2,14,18)(H3,15,16,17);1H. The highest BCUT2D eigenvalue weighted by Gasteiger charge is 2.24. The van der Waals surface area contributed by atoms with Gasteiger partial charge in [0.25, 0.3) is 0 Å². The molecule has 0 saturated carbocycles. The number of primary amides is 1. The minimum atomic E-state index is -0.695. The summed E-state index contributed by atoms with van der Waals surface area (Å²) in [6.45, 7) is 5.74. The van der Waals surface area contributed by atoms with Crippen molar-refractivity contribution >= 4 is 41.5 Å². The molecule has 0 aromatic heterocycles. The topological polar surface area (TPSA) is 93.5 Å². The molecule has 0 aliphatic carbocycles. The number of nitrogens with zero attached hydrogens (tertiary/aromatic N) is 1. The maximum Gasteiger partial charge on any atom is 0.224 e. The number of benzene rings is 1. The molecular weight excluding hydrogens is 355 g/mol. The zero-order valence-corrected chi connectivity index (χ0v) is 13.8. The van der Waals surface area contributed by atoms with Crippen LogP contribution in [0.15, 0.2) is 29.3 Å². The molecule has 0 spiro atoms. The average molecular weight is 376 g/mol. The Kier molecular flexibility index (Phi) is 6.82. The van der Waals surface area contributed by atoms with Crippen LogP contribution in [0.3, 0.4) is 0 Å². The Hall–Kier alpha value is -1.31. The van der Waals surface area contributed by atoms with Gasteiger partial charge in [-0.25, -0.2) is 0 Å². The van der Waals surface area contributed by atoms with E-state index in [9.17, 15) is 4.79 Å². The van der Waals surface area contributed by atoms with Gasteiger partial charge in [-0.2, -0.15) is 0 Å². The van der Waals surface area contributed by atoms with Gasteiger partial charge in [-0.3, -0.25) is 9.79 Å². The highest BCUT2D eigenvalue weighted by Crippen LogP contribution is 2.14. The van der Waals surface area contributed by atoms with Crippen LogP contribution in [-0.2, 0) is 4.79 Å². The van der Waals surface area contributed by atoms with Crippen molar-refractivity contribution in [2.75, 3.05) is 11.9 Å². The highest BCUT2D eigenvalue weighted by atomic mass is 127. The lowest BCUT2D eigenvalue weighted by Crippen LogP contribution is -2.35. The van der Waals surface area contributed by atoms with E-state index in [-0.39, 0.29) is 36.5 Å². The number of nitrogens with two attached hydrogens (primary N) is 2. The minimum Gasteiger partial charge on any atom is -0.370 e. The number of carbonyl (C=O) groups excluding carboxylic acids is 1. The first-order valence-corrected chi connectivity index (χ1v) is 5.75. The molecule has 0 aliphatic heterocycles. The number of aryl methyl sites for hydroxylation is 1. The lowest BCUT2D eigenvalue weighted by molar-refractivity contribution is -0.125. The fourth-order valence-corrected chi connectivity index (χ4v) is 1.19. The molecule has 1 aromatic rings. The Bertz CT molecular complexity index is 454. The lowest BCUT2D eigenvalue weighted by Gasteiger charge is -2.17. The van der Waals surface area contributed by atoms with Crippen LogP contribution in [0, 0.1) is 12.3 Å². The molecular formula is C13H21IN4O. The average Bonchev–Trinajstić information content (AvgIpc) is 2.29. The molecule has 5 nitrogen and oxygen atoms in total. The van der Waals surface area contributed by atoms with Crippen LogP contribution in [0.2, 0.25) is 0 Å². The summed E-state index contributed by atoms with van der Waals surface area (Å²) in [5, 5.41) is 2.96. The van der Waals surface area contributed by atoms with Gasteiger partial charge in [0.05, 0.1) is 12.0 Å². The van der Waals surface area contributed by atoms with Crippen molar-refractivity contribution in [1.29, 1.82) is 0 Å². The second-order valence-electron chi connectivity index (χ2n) is 4.94. The molecule has 0 radical (unpaired) electrons. The first-order valence-electron chi connectivity index (χ1n) is 5.75. The summed E-state index contributed by atoms with van der Waals surface area (Å²) >= 11 is 0. The highest BCUT2D eigenvalue weighted by molar-refractivity contribution is 14.0. The largest absolute Gasteiger partial charge is 0.370 e. The number of aliphatic imine (C=N–C) groups is 1. The van der Waals surface area contributed by atoms with Crippen molar-refractivity contribution in [1.82, 2.24) is 0 Å². The molecule has 0 heterocycles. The van der Waals surface area contributed by atoms with E-state index in [2.05, 4.69) is 10.3 Å². The van der Waals surface area contributed by atoms with Crippen molar-refractivity contribution in [3.63, 3.8) is 0 Å². The van der Waals surface area contributed by atoms with Crippen molar-refractivity contribution in [2.45, 2.75) is 20.8 Å². The van der Waals surface area contributed by atoms with Crippen LogP contribution in [0.4, 0.5) is 5.69 Å². The van der Waals surface area contributed by atoms with Gasteiger partial charge in [0, 0.05) is 5.69 Å². The number of hydrogen-bond donors (Lipinski definition) is 3. The third-order valence-electron chi connectivity index (χ3n) is 2.64. The van der Waals surface area contributed by atoms with Crippen molar-refractivity contribution in [3.05, 3.63) is 29.8 Å². The first-order chi connectivity index (χ1) is 8.31. The Morgan fingerprint density at radius 2 is 1.79 bits per heavy atom. The van der Waals surface area contributed by atoms with E-state index in [1.54, 1.807) is 13.8 Å². The van der Waals surface area contributed by atoms with Gasteiger partial charge in [0.1, 0.15) is 0 Å². The summed E-state index contributed by atoms with van der Waals surface area (Å²) in [5.74, 6) is -0.123. The van der Waals surface area contributed by atoms with E-state index in [0.717, 1.165) is 5.69 Å². The summed E-state index contributed by atoms with van der Waals surface area (Å²) in [6, 6.07) is 7.78. The molecule has 0 bridgehead atoms. The molecule has 0 atom stereocenters. The molecule has 0 unspecified atom stereocenters. The quantitative estimate of drug-likeness (QED) is 0.425. The smallest absolute Gasteiger partial charge is 0.224 e. The van der Waals surface area contributed by atoms with E-state index in [0.29, 0.717) is 0 Å². The summed E-state index contributed by atoms with van der Waals surface area (Å²) < 4.78 is 0. The monoisotopic (exact) mass is 376 g/mol. The Balaban J connectivity index is 0.00000324. The fraction of sp³-hybridized carbons (Fsp3) is 0.385. The molecule has 19 heavy (non-hydrogen) atoms. The maximum atomic E-state index is 11.1. The van der Waals surface area contributed by atoms with E-state index in [1.807, 2.05) is 31.2 Å². The van der Waals surface area contributed by atoms with E-state index in [4.69, 9.17) is 11.5 Å². The number of rotatable bonds is 4. The van der Waals surface area contributed by atoms with Gasteiger partial charge in [0.2, 0.25) is 5.91 Å². The second kappa shape index (κ2) is 7.32. The van der Waals surface area contributed by atoms with Gasteiger partial charge in [0.15, 0.2) is 5.96 Å². The van der Waals surface area contributed by atoms with Crippen LogP contribution in [0.25, 0.3) is 0 Å². The molecule has 106 valence electrons. The number of amides is 1. The van der Waals surface area contributed by atoms with Gasteiger partial charge >= 0.3 is 0 Å². The third-order valence-corrected chi connectivity index (χ3v) is 2.64. The molecule has 1 rings (SSSR count). The molecule has 1 amide bonds. The maximum absolute atomic E-state index is 11.1. The van der Waals surface area contributed by atoms with Crippen LogP contribution >= 0.6 is 24.0 Å². The van der Waals surface area contributed by atoms with E-state index >= 15 is 0 Å². The number of halogens is 1. The zero-order chi connectivity index (χ0) is 13.8. The van der Waals surface area contributed by atoms with Crippen LogP contribution in [0.5, 0.6) is 0 Å². The molecule has 0 fully saturated rings. The van der Waals surface area contributed by atoms with Gasteiger partial charge in [-0.05, 0) is 32.9 Å². The van der Waals surface area contributed by atoms with Crippen molar-refractivity contribution in [2.24, 2.45) is 21.9 Å². The predicted molar refractivity (Wildman–Crippen MR) is 89.7 cm³/mol.